The fourth-order valence-corrected chi connectivity index (χ4v) is 4.99. The molecule has 4 rings (SSSR count). The molecule has 1 N–H and O–H groups in total. The number of aromatic nitrogens is 1. The molecular weight excluding hydrogens is 442 g/mol. The van der Waals surface area contributed by atoms with Crippen LogP contribution in [0.4, 0.5) is 5.69 Å². The number of para-hydroxylation sites is 1. The van der Waals surface area contributed by atoms with Crippen LogP contribution in [0.1, 0.15) is 48.7 Å². The Morgan fingerprint density at radius 3 is 2.46 bits per heavy atom. The highest BCUT2D eigenvalue weighted by molar-refractivity contribution is 6.01. The number of hydrogen-bond acceptors (Lipinski definition) is 4. The van der Waals surface area contributed by atoms with Crippen LogP contribution in [0, 0.1) is 12.8 Å². The molecule has 0 bridgehead atoms. The summed E-state index contributed by atoms with van der Waals surface area (Å²) in [7, 11) is 1.41. The number of hydrogen-bond donors (Lipinski definition) is 1. The summed E-state index contributed by atoms with van der Waals surface area (Å²) in [5, 5.41) is 4.05. The summed E-state index contributed by atoms with van der Waals surface area (Å²) in [5.41, 5.74) is 3.25. The third-order valence-electron chi connectivity index (χ3n) is 6.86. The highest BCUT2D eigenvalue weighted by Crippen LogP contribution is 2.26. The second-order valence-corrected chi connectivity index (χ2v) is 9.20. The van der Waals surface area contributed by atoms with Gasteiger partial charge in [-0.1, -0.05) is 30.3 Å². The summed E-state index contributed by atoms with van der Waals surface area (Å²) < 4.78 is 6.67. The first-order chi connectivity index (χ1) is 16.9. The zero-order valence-corrected chi connectivity index (χ0v) is 20.6. The number of benzene rings is 2. The number of ether oxygens (including phenoxy) is 1. The maximum Gasteiger partial charge on any atom is 0.308 e. The Hall–Kier alpha value is -3.61. The first-order valence-corrected chi connectivity index (χ1v) is 12.2. The normalized spacial score (nSPS) is 17.7. The Labute approximate surface area is 206 Å². The second-order valence-electron chi connectivity index (χ2n) is 9.20. The van der Waals surface area contributed by atoms with Crippen molar-refractivity contribution in [3.05, 3.63) is 65.9 Å². The van der Waals surface area contributed by atoms with Crippen LogP contribution in [-0.4, -0.2) is 42.0 Å². The number of amides is 2. The third kappa shape index (κ3) is 5.39. The Kier molecular flexibility index (Phi) is 7.54. The smallest absolute Gasteiger partial charge is 0.308 e. The Morgan fingerprint density at radius 1 is 1.03 bits per heavy atom. The predicted octanol–water partition coefficient (Wildman–Crippen LogP) is 4.46. The van der Waals surface area contributed by atoms with Crippen LogP contribution >= 0.6 is 0 Å². The molecule has 0 spiro atoms. The van der Waals surface area contributed by atoms with Crippen LogP contribution in [-0.2, 0) is 20.9 Å². The highest BCUT2D eigenvalue weighted by atomic mass is 16.5. The second kappa shape index (κ2) is 10.8. The average Bonchev–Trinajstić information content (AvgIpc) is 3.23. The molecule has 0 aliphatic heterocycles. The number of fused-ring (bicyclic) bond motifs is 1. The largest absolute Gasteiger partial charge is 0.469 e. The highest BCUT2D eigenvalue weighted by Gasteiger charge is 2.29. The van der Waals surface area contributed by atoms with Crippen LogP contribution in [0.5, 0.6) is 0 Å². The Morgan fingerprint density at radius 2 is 1.77 bits per heavy atom. The molecule has 7 heteroatoms. The molecule has 0 saturated heterocycles. The summed E-state index contributed by atoms with van der Waals surface area (Å²) in [4.78, 5) is 40.3. The lowest BCUT2D eigenvalue weighted by molar-refractivity contribution is -0.146. The maximum absolute atomic E-state index is 13.4. The van der Waals surface area contributed by atoms with E-state index < -0.39 is 0 Å². The van der Waals surface area contributed by atoms with Crippen molar-refractivity contribution in [2.75, 3.05) is 18.6 Å². The van der Waals surface area contributed by atoms with Crippen molar-refractivity contribution in [2.45, 2.75) is 52.1 Å². The Bertz CT molecular complexity index is 1220. The average molecular weight is 476 g/mol. The molecular formula is C28H33N3O4. The molecule has 2 amide bonds. The monoisotopic (exact) mass is 475 g/mol. The van der Waals surface area contributed by atoms with Gasteiger partial charge in [-0.2, -0.15) is 0 Å². The zero-order chi connectivity index (χ0) is 24.9. The molecule has 0 unspecified atom stereocenters. The van der Waals surface area contributed by atoms with Crippen LogP contribution in [0.15, 0.2) is 54.6 Å². The molecule has 1 aliphatic rings. The summed E-state index contributed by atoms with van der Waals surface area (Å²) in [6.45, 7) is 4.55. The predicted molar refractivity (Wildman–Crippen MR) is 136 cm³/mol. The maximum atomic E-state index is 13.4. The van der Waals surface area contributed by atoms with Crippen LogP contribution in [0.25, 0.3) is 10.9 Å². The number of nitrogens with one attached hydrogen (secondary N) is 1. The molecule has 1 heterocycles. The number of anilines is 1. The number of nitrogens with zero attached hydrogens (tertiary/aromatic N) is 2. The SMILES string of the molecule is CCN(C(=O)Cn1c(C(=O)N[C@H]2CC[C@H](C(=O)OC)CC2)cc2ccccc21)c1cccc(C)c1. The van der Waals surface area contributed by atoms with E-state index in [1.807, 2.05) is 73.0 Å². The molecule has 1 aliphatic carbocycles. The molecule has 0 atom stereocenters. The quantitative estimate of drug-likeness (QED) is 0.512. The topological polar surface area (TPSA) is 80.6 Å². The van der Waals surface area contributed by atoms with Crippen molar-refractivity contribution < 1.29 is 19.1 Å². The number of carbonyl (C=O) groups is 3. The van der Waals surface area contributed by atoms with E-state index in [1.165, 1.54) is 7.11 Å². The minimum absolute atomic E-state index is 0.00926. The van der Waals surface area contributed by atoms with Gasteiger partial charge in [0.1, 0.15) is 12.2 Å². The lowest BCUT2D eigenvalue weighted by Gasteiger charge is -2.28. The van der Waals surface area contributed by atoms with Gasteiger partial charge in [0.15, 0.2) is 0 Å². The van der Waals surface area contributed by atoms with Crippen LogP contribution in [0.3, 0.4) is 0 Å². The van der Waals surface area contributed by atoms with Crippen molar-refractivity contribution in [2.24, 2.45) is 5.92 Å². The van der Waals surface area contributed by atoms with Crippen molar-refractivity contribution in [3.8, 4) is 0 Å². The van der Waals surface area contributed by atoms with Gasteiger partial charge in [0, 0.05) is 29.2 Å². The van der Waals surface area contributed by atoms with Gasteiger partial charge in [-0.05, 0) is 69.4 Å². The van der Waals surface area contributed by atoms with E-state index in [1.54, 1.807) is 4.90 Å². The number of carbonyl (C=O) groups excluding carboxylic acids is 3. The van der Waals surface area contributed by atoms with Gasteiger partial charge in [-0.3, -0.25) is 14.4 Å². The summed E-state index contributed by atoms with van der Waals surface area (Å²) in [6, 6.07) is 17.4. The molecule has 2 aromatic carbocycles. The lowest BCUT2D eigenvalue weighted by atomic mass is 9.86. The summed E-state index contributed by atoms with van der Waals surface area (Å²) in [6.07, 6.45) is 2.84. The van der Waals surface area contributed by atoms with Gasteiger partial charge >= 0.3 is 5.97 Å². The van der Waals surface area contributed by atoms with Gasteiger partial charge in [0.25, 0.3) is 5.91 Å². The number of likely N-dealkylation sites (N-methyl/N-ethyl adjacent to an activating group) is 1. The van der Waals surface area contributed by atoms with Gasteiger partial charge in [0.2, 0.25) is 5.91 Å². The van der Waals surface area contributed by atoms with E-state index >= 15 is 0 Å². The zero-order valence-electron chi connectivity index (χ0n) is 20.6. The molecule has 35 heavy (non-hydrogen) atoms. The first kappa shape index (κ1) is 24.5. The molecule has 3 aromatic rings. The van der Waals surface area contributed by atoms with Crippen molar-refractivity contribution >= 4 is 34.4 Å². The number of rotatable bonds is 7. The third-order valence-corrected chi connectivity index (χ3v) is 6.86. The minimum Gasteiger partial charge on any atom is -0.469 e. The minimum atomic E-state index is -0.200. The standard InChI is InChI=1S/C28H33N3O4/c1-4-30(23-10-7-8-19(2)16-23)26(32)18-31-24-11-6-5-9-21(24)17-25(31)27(33)29-22-14-12-20(13-15-22)28(34)35-3/h5-11,16-17,20,22H,4,12-15,18H2,1-3H3,(H,29,33)/t20-,22-. The van der Waals surface area contributed by atoms with Crippen molar-refractivity contribution in [3.63, 3.8) is 0 Å². The molecule has 0 radical (unpaired) electrons. The van der Waals surface area contributed by atoms with E-state index in [9.17, 15) is 14.4 Å². The fraction of sp³-hybridized carbons (Fsp3) is 0.393. The van der Waals surface area contributed by atoms with Gasteiger partial charge in [-0.25, -0.2) is 0 Å². The number of methoxy groups -OCH3 is 1. The molecule has 1 aromatic heterocycles. The molecule has 1 saturated carbocycles. The summed E-state index contributed by atoms with van der Waals surface area (Å²) in [5.74, 6) is -0.553. The first-order valence-electron chi connectivity index (χ1n) is 12.2. The van der Waals surface area contributed by atoms with Crippen LogP contribution in [0.2, 0.25) is 0 Å². The van der Waals surface area contributed by atoms with E-state index in [4.69, 9.17) is 4.74 Å². The van der Waals surface area contributed by atoms with Gasteiger partial charge in [0.05, 0.1) is 13.0 Å². The van der Waals surface area contributed by atoms with E-state index in [2.05, 4.69) is 5.32 Å². The molecule has 1 fully saturated rings. The van der Waals surface area contributed by atoms with E-state index in [0.29, 0.717) is 25.1 Å². The molecule has 184 valence electrons. The van der Waals surface area contributed by atoms with Gasteiger partial charge in [-0.15, -0.1) is 0 Å². The summed E-state index contributed by atoms with van der Waals surface area (Å²) >= 11 is 0. The van der Waals surface area contributed by atoms with Crippen molar-refractivity contribution in [1.82, 2.24) is 9.88 Å². The Balaban J connectivity index is 1.55. The van der Waals surface area contributed by atoms with E-state index in [0.717, 1.165) is 35.0 Å². The number of esters is 1. The lowest BCUT2D eigenvalue weighted by Crippen LogP contribution is -2.40. The fourth-order valence-electron chi connectivity index (χ4n) is 4.99. The van der Waals surface area contributed by atoms with Crippen LogP contribution < -0.4 is 10.2 Å². The van der Waals surface area contributed by atoms with Gasteiger partial charge < -0.3 is 19.5 Å². The molecule has 7 nitrogen and oxygen atoms in total. The van der Waals surface area contributed by atoms with E-state index in [-0.39, 0.29) is 36.3 Å². The van der Waals surface area contributed by atoms with Crippen molar-refractivity contribution in [1.29, 1.82) is 0 Å². The number of aryl methyl sites for hydroxylation is 1.